The highest BCUT2D eigenvalue weighted by atomic mass is 32.2. The summed E-state index contributed by atoms with van der Waals surface area (Å²) in [6.45, 7) is 7.50. The second-order valence-electron chi connectivity index (χ2n) is 4.23. The molecule has 0 aliphatic rings. The minimum atomic E-state index is -3.46. The Labute approximate surface area is 98.8 Å². The van der Waals surface area contributed by atoms with Crippen molar-refractivity contribution >= 4 is 10.2 Å². The van der Waals surface area contributed by atoms with Crippen molar-refractivity contribution in [3.05, 3.63) is 0 Å². The van der Waals surface area contributed by atoms with Crippen LogP contribution in [-0.2, 0) is 10.2 Å². The van der Waals surface area contributed by atoms with Gasteiger partial charge in [0.05, 0.1) is 6.07 Å². The monoisotopic (exact) mass is 247 g/mol. The number of nitrogens with zero attached hydrogens (tertiary/aromatic N) is 3. The van der Waals surface area contributed by atoms with Gasteiger partial charge >= 0.3 is 0 Å². The van der Waals surface area contributed by atoms with E-state index in [1.54, 1.807) is 7.05 Å². The first-order valence-electron chi connectivity index (χ1n) is 5.36. The summed E-state index contributed by atoms with van der Waals surface area (Å²) in [5, 5.41) is 8.53. The molecular weight excluding hydrogens is 226 g/mol. The molecule has 0 heterocycles. The molecular formula is C10H21N3O2S. The maximum Gasteiger partial charge on any atom is 0.282 e. The van der Waals surface area contributed by atoms with Gasteiger partial charge in [-0.2, -0.15) is 22.3 Å². The van der Waals surface area contributed by atoms with E-state index < -0.39 is 10.2 Å². The van der Waals surface area contributed by atoms with Crippen molar-refractivity contribution in [3.8, 4) is 6.07 Å². The average molecular weight is 247 g/mol. The van der Waals surface area contributed by atoms with Crippen LogP contribution >= 0.6 is 0 Å². The summed E-state index contributed by atoms with van der Waals surface area (Å²) >= 11 is 0. The maximum atomic E-state index is 12.2. The molecule has 6 heteroatoms. The van der Waals surface area contributed by atoms with Crippen molar-refractivity contribution in [1.29, 1.82) is 5.26 Å². The first-order valence-corrected chi connectivity index (χ1v) is 6.76. The lowest BCUT2D eigenvalue weighted by Crippen LogP contribution is -2.47. The van der Waals surface area contributed by atoms with Crippen LogP contribution in [0.25, 0.3) is 0 Å². The fraction of sp³-hybridized carbons (Fsp3) is 0.900. The topological polar surface area (TPSA) is 64.4 Å². The smallest absolute Gasteiger partial charge is 0.198 e. The van der Waals surface area contributed by atoms with Gasteiger partial charge < -0.3 is 0 Å². The predicted molar refractivity (Wildman–Crippen MR) is 63.9 cm³/mol. The Morgan fingerprint density at radius 3 is 2.00 bits per heavy atom. The Hall–Kier alpha value is -0.640. The van der Waals surface area contributed by atoms with Crippen molar-refractivity contribution in [2.24, 2.45) is 0 Å². The zero-order chi connectivity index (χ0) is 12.9. The van der Waals surface area contributed by atoms with Crippen molar-refractivity contribution in [2.75, 3.05) is 13.6 Å². The molecule has 0 saturated carbocycles. The van der Waals surface area contributed by atoms with Crippen molar-refractivity contribution in [1.82, 2.24) is 8.61 Å². The quantitative estimate of drug-likeness (QED) is 0.708. The molecule has 0 saturated heterocycles. The second-order valence-corrected chi connectivity index (χ2v) is 6.17. The summed E-state index contributed by atoms with van der Waals surface area (Å²) in [4.78, 5) is 0. The summed E-state index contributed by atoms with van der Waals surface area (Å²) in [5.74, 6) is 0. The van der Waals surface area contributed by atoms with Crippen LogP contribution in [0.1, 0.15) is 34.1 Å². The van der Waals surface area contributed by atoms with Gasteiger partial charge in [0.1, 0.15) is 0 Å². The molecule has 0 aromatic carbocycles. The van der Waals surface area contributed by atoms with Gasteiger partial charge in [-0.3, -0.25) is 0 Å². The third-order valence-electron chi connectivity index (χ3n) is 2.41. The molecule has 0 radical (unpaired) electrons. The first kappa shape index (κ1) is 15.4. The number of hydrogen-bond acceptors (Lipinski definition) is 3. The van der Waals surface area contributed by atoms with Gasteiger partial charge in [0.2, 0.25) is 0 Å². The van der Waals surface area contributed by atoms with E-state index in [1.165, 1.54) is 8.61 Å². The first-order chi connectivity index (χ1) is 7.25. The second kappa shape index (κ2) is 6.18. The minimum Gasteiger partial charge on any atom is -0.198 e. The highest BCUT2D eigenvalue weighted by Crippen LogP contribution is 2.13. The molecule has 0 N–H and O–H groups in total. The van der Waals surface area contributed by atoms with Crippen LogP contribution in [0.3, 0.4) is 0 Å². The third-order valence-corrected chi connectivity index (χ3v) is 4.75. The summed E-state index contributed by atoms with van der Waals surface area (Å²) < 4.78 is 27.0. The Morgan fingerprint density at radius 2 is 1.69 bits per heavy atom. The molecule has 0 unspecified atom stereocenters. The molecule has 0 rings (SSSR count). The van der Waals surface area contributed by atoms with Gasteiger partial charge in [0.15, 0.2) is 0 Å². The molecule has 0 fully saturated rings. The largest absolute Gasteiger partial charge is 0.282 e. The highest BCUT2D eigenvalue weighted by Gasteiger charge is 2.30. The lowest BCUT2D eigenvalue weighted by molar-refractivity contribution is 0.306. The summed E-state index contributed by atoms with van der Waals surface area (Å²) in [5.41, 5.74) is 0. The number of hydrogen-bond donors (Lipinski definition) is 0. The Morgan fingerprint density at radius 1 is 1.19 bits per heavy atom. The Kier molecular flexibility index (Phi) is 5.94. The van der Waals surface area contributed by atoms with Gasteiger partial charge in [-0.1, -0.05) is 0 Å². The molecule has 0 aromatic heterocycles. The van der Waals surface area contributed by atoms with Gasteiger partial charge in [0, 0.05) is 32.1 Å². The summed E-state index contributed by atoms with van der Waals surface area (Å²) in [7, 11) is -1.90. The normalized spacial score (nSPS) is 12.8. The van der Waals surface area contributed by atoms with Crippen molar-refractivity contribution in [2.45, 2.75) is 46.2 Å². The van der Waals surface area contributed by atoms with E-state index in [1.807, 2.05) is 33.8 Å². The van der Waals surface area contributed by atoms with E-state index in [9.17, 15) is 8.42 Å². The zero-order valence-electron chi connectivity index (χ0n) is 10.6. The van der Waals surface area contributed by atoms with E-state index in [-0.39, 0.29) is 25.0 Å². The fourth-order valence-electron chi connectivity index (χ4n) is 1.23. The van der Waals surface area contributed by atoms with Crippen LogP contribution in [-0.4, -0.2) is 42.7 Å². The van der Waals surface area contributed by atoms with E-state index in [0.29, 0.717) is 0 Å². The standard InChI is InChI=1S/C10H21N3O2S/c1-9(2)12(5)16(14,15)13(10(3)4)8-6-7-11/h9-10H,6,8H2,1-5H3. The molecule has 0 aromatic rings. The van der Waals surface area contributed by atoms with Crippen LogP contribution in [0, 0.1) is 11.3 Å². The third kappa shape index (κ3) is 3.74. The van der Waals surface area contributed by atoms with Crippen LogP contribution in [0.5, 0.6) is 0 Å². The molecule has 16 heavy (non-hydrogen) atoms. The van der Waals surface area contributed by atoms with Crippen LogP contribution in [0.4, 0.5) is 0 Å². The van der Waals surface area contributed by atoms with Crippen LogP contribution in [0.2, 0.25) is 0 Å². The number of nitriles is 1. The van der Waals surface area contributed by atoms with Gasteiger partial charge in [-0.05, 0) is 27.7 Å². The zero-order valence-corrected chi connectivity index (χ0v) is 11.5. The van der Waals surface area contributed by atoms with Crippen molar-refractivity contribution in [3.63, 3.8) is 0 Å². The molecule has 0 amide bonds. The Bertz CT molecular complexity index is 344. The fourth-order valence-corrected chi connectivity index (χ4v) is 2.95. The number of rotatable bonds is 6. The molecule has 94 valence electrons. The lowest BCUT2D eigenvalue weighted by Gasteiger charge is -2.31. The van der Waals surface area contributed by atoms with Gasteiger partial charge in [0.25, 0.3) is 10.2 Å². The molecule has 0 aliphatic heterocycles. The van der Waals surface area contributed by atoms with Gasteiger partial charge in [-0.25, -0.2) is 0 Å². The molecule has 5 nitrogen and oxygen atoms in total. The van der Waals surface area contributed by atoms with Crippen LogP contribution < -0.4 is 0 Å². The van der Waals surface area contributed by atoms with Gasteiger partial charge in [-0.15, -0.1) is 0 Å². The molecule has 0 aliphatic carbocycles. The predicted octanol–water partition coefficient (Wildman–Crippen LogP) is 1.20. The van der Waals surface area contributed by atoms with E-state index in [2.05, 4.69) is 0 Å². The maximum absolute atomic E-state index is 12.2. The SMILES string of the molecule is CC(C)N(C)S(=O)(=O)N(CCC#N)C(C)C. The van der Waals surface area contributed by atoms with E-state index in [4.69, 9.17) is 5.26 Å². The average Bonchev–Trinajstić information content (AvgIpc) is 2.16. The summed E-state index contributed by atoms with van der Waals surface area (Å²) in [6, 6.07) is 1.74. The highest BCUT2D eigenvalue weighted by molar-refractivity contribution is 7.86. The summed E-state index contributed by atoms with van der Waals surface area (Å²) in [6.07, 6.45) is 0.212. The Balaban J connectivity index is 4.99. The van der Waals surface area contributed by atoms with E-state index >= 15 is 0 Å². The molecule has 0 atom stereocenters. The van der Waals surface area contributed by atoms with Crippen LogP contribution in [0.15, 0.2) is 0 Å². The molecule has 0 spiro atoms. The lowest BCUT2D eigenvalue weighted by atomic mass is 10.3. The minimum absolute atomic E-state index is 0.0895. The molecule has 0 bridgehead atoms. The van der Waals surface area contributed by atoms with E-state index in [0.717, 1.165) is 0 Å². The van der Waals surface area contributed by atoms with Crippen molar-refractivity contribution < 1.29 is 8.42 Å².